The molecule has 0 saturated carbocycles. The first-order chi connectivity index (χ1) is 7.20. The van der Waals surface area contributed by atoms with Gasteiger partial charge in [0.2, 0.25) is 5.91 Å². The maximum absolute atomic E-state index is 12.3. The van der Waals surface area contributed by atoms with E-state index < -0.39 is 0 Å². The maximum atomic E-state index is 12.3. The summed E-state index contributed by atoms with van der Waals surface area (Å²) in [6, 6.07) is 0.420. The summed E-state index contributed by atoms with van der Waals surface area (Å²) in [7, 11) is 0. The van der Waals surface area contributed by atoms with Crippen molar-refractivity contribution in [2.45, 2.75) is 19.9 Å². The highest BCUT2D eigenvalue weighted by Crippen LogP contribution is 2.23. The average Bonchev–Trinajstić information content (AvgIpc) is 2.64. The summed E-state index contributed by atoms with van der Waals surface area (Å²) >= 11 is 1.96. The summed E-state index contributed by atoms with van der Waals surface area (Å²) < 4.78 is 0. The predicted octanol–water partition coefficient (Wildman–Crippen LogP) is 0.806. The normalized spacial score (nSPS) is 36.9. The smallest absolute Gasteiger partial charge is 0.227 e. The van der Waals surface area contributed by atoms with Crippen LogP contribution in [-0.4, -0.2) is 48.0 Å². The number of hydrogen-bond acceptors (Lipinski definition) is 3. The minimum Gasteiger partial charge on any atom is -0.338 e. The Labute approximate surface area is 96.0 Å². The molecule has 0 spiro atoms. The fourth-order valence-electron chi connectivity index (χ4n) is 2.41. The first-order valence-corrected chi connectivity index (χ1v) is 6.94. The summed E-state index contributed by atoms with van der Waals surface area (Å²) in [6.45, 7) is 7.14. The molecule has 2 rings (SSSR count). The maximum Gasteiger partial charge on any atom is 0.227 e. The SMILES string of the molecule is CC1CSCCN1C(=O)[C@@H]1CNC[C@H]1C. The fraction of sp³-hybridized carbons (Fsp3) is 0.909. The van der Waals surface area contributed by atoms with Crippen LogP contribution in [0, 0.1) is 11.8 Å². The Bertz CT molecular complexity index is 247. The van der Waals surface area contributed by atoms with Crippen LogP contribution in [0.5, 0.6) is 0 Å². The van der Waals surface area contributed by atoms with Crippen molar-refractivity contribution in [1.82, 2.24) is 10.2 Å². The van der Waals surface area contributed by atoms with Gasteiger partial charge in [0.15, 0.2) is 0 Å². The van der Waals surface area contributed by atoms with Crippen molar-refractivity contribution in [2.75, 3.05) is 31.1 Å². The van der Waals surface area contributed by atoms with E-state index in [2.05, 4.69) is 24.1 Å². The molecular weight excluding hydrogens is 208 g/mol. The molecule has 1 unspecified atom stereocenters. The molecule has 0 aromatic heterocycles. The molecule has 86 valence electrons. The minimum absolute atomic E-state index is 0.218. The highest BCUT2D eigenvalue weighted by atomic mass is 32.2. The fourth-order valence-corrected chi connectivity index (χ4v) is 3.42. The van der Waals surface area contributed by atoms with Gasteiger partial charge in [-0.1, -0.05) is 6.92 Å². The van der Waals surface area contributed by atoms with Crippen LogP contribution in [-0.2, 0) is 4.79 Å². The number of nitrogens with one attached hydrogen (secondary N) is 1. The molecule has 0 aliphatic carbocycles. The van der Waals surface area contributed by atoms with E-state index in [1.54, 1.807) is 0 Å². The average molecular weight is 228 g/mol. The van der Waals surface area contributed by atoms with Gasteiger partial charge in [0.05, 0.1) is 5.92 Å². The third-order valence-corrected chi connectivity index (χ3v) is 4.67. The second kappa shape index (κ2) is 4.74. The zero-order chi connectivity index (χ0) is 10.8. The molecule has 15 heavy (non-hydrogen) atoms. The Morgan fingerprint density at radius 2 is 2.20 bits per heavy atom. The Hall–Kier alpha value is -0.220. The molecule has 2 aliphatic rings. The molecular formula is C11H20N2OS. The lowest BCUT2D eigenvalue weighted by Gasteiger charge is -2.35. The summed E-state index contributed by atoms with van der Waals surface area (Å²) in [5.41, 5.74) is 0. The van der Waals surface area contributed by atoms with Gasteiger partial charge in [0.1, 0.15) is 0 Å². The van der Waals surface area contributed by atoms with Crippen molar-refractivity contribution in [3.63, 3.8) is 0 Å². The van der Waals surface area contributed by atoms with Gasteiger partial charge in [-0.2, -0.15) is 11.8 Å². The van der Waals surface area contributed by atoms with Gasteiger partial charge in [-0.25, -0.2) is 0 Å². The van der Waals surface area contributed by atoms with Crippen LogP contribution in [0.15, 0.2) is 0 Å². The van der Waals surface area contributed by atoms with E-state index in [9.17, 15) is 4.79 Å². The minimum atomic E-state index is 0.218. The summed E-state index contributed by atoms with van der Waals surface area (Å²) in [5.74, 6) is 3.29. The van der Waals surface area contributed by atoms with Crippen LogP contribution < -0.4 is 5.32 Å². The predicted molar refractivity (Wildman–Crippen MR) is 64.0 cm³/mol. The van der Waals surface area contributed by atoms with Crippen LogP contribution in [0.1, 0.15) is 13.8 Å². The lowest BCUT2D eigenvalue weighted by atomic mass is 9.96. The van der Waals surface area contributed by atoms with Gasteiger partial charge in [0, 0.05) is 30.6 Å². The van der Waals surface area contributed by atoms with Gasteiger partial charge in [0.25, 0.3) is 0 Å². The van der Waals surface area contributed by atoms with Crippen molar-refractivity contribution < 1.29 is 4.79 Å². The van der Waals surface area contributed by atoms with Gasteiger partial charge < -0.3 is 10.2 Å². The van der Waals surface area contributed by atoms with E-state index in [0.29, 0.717) is 17.9 Å². The summed E-state index contributed by atoms with van der Waals surface area (Å²) in [5, 5.41) is 3.30. The molecule has 2 fully saturated rings. The van der Waals surface area contributed by atoms with Gasteiger partial charge >= 0.3 is 0 Å². The molecule has 0 radical (unpaired) electrons. The zero-order valence-corrected chi connectivity index (χ0v) is 10.3. The number of thioether (sulfide) groups is 1. The largest absolute Gasteiger partial charge is 0.338 e. The first-order valence-electron chi connectivity index (χ1n) is 5.79. The number of nitrogens with zero attached hydrogens (tertiary/aromatic N) is 1. The topological polar surface area (TPSA) is 32.3 Å². The number of rotatable bonds is 1. The third-order valence-electron chi connectivity index (χ3n) is 3.49. The van der Waals surface area contributed by atoms with Crippen LogP contribution in [0.2, 0.25) is 0 Å². The van der Waals surface area contributed by atoms with Crippen molar-refractivity contribution in [3.8, 4) is 0 Å². The Morgan fingerprint density at radius 1 is 1.40 bits per heavy atom. The molecule has 2 heterocycles. The van der Waals surface area contributed by atoms with Crippen LogP contribution in [0.25, 0.3) is 0 Å². The Balaban J connectivity index is 1.99. The monoisotopic (exact) mass is 228 g/mol. The van der Waals surface area contributed by atoms with Crippen molar-refractivity contribution in [2.24, 2.45) is 11.8 Å². The van der Waals surface area contributed by atoms with Gasteiger partial charge in [-0.3, -0.25) is 4.79 Å². The number of carbonyl (C=O) groups excluding carboxylic acids is 1. The Kier molecular flexibility index (Phi) is 3.57. The third kappa shape index (κ3) is 2.31. The highest BCUT2D eigenvalue weighted by molar-refractivity contribution is 7.99. The highest BCUT2D eigenvalue weighted by Gasteiger charge is 2.35. The van der Waals surface area contributed by atoms with Crippen LogP contribution in [0.3, 0.4) is 0 Å². The van der Waals surface area contributed by atoms with E-state index in [1.165, 1.54) is 0 Å². The van der Waals surface area contributed by atoms with Crippen molar-refractivity contribution in [1.29, 1.82) is 0 Å². The quantitative estimate of drug-likeness (QED) is 0.721. The van der Waals surface area contributed by atoms with E-state index in [0.717, 1.165) is 31.1 Å². The van der Waals surface area contributed by atoms with E-state index in [-0.39, 0.29) is 5.92 Å². The summed E-state index contributed by atoms with van der Waals surface area (Å²) in [4.78, 5) is 14.4. The van der Waals surface area contributed by atoms with Crippen molar-refractivity contribution >= 4 is 17.7 Å². The van der Waals surface area contributed by atoms with E-state index in [1.807, 2.05) is 11.8 Å². The standard InChI is InChI=1S/C11H20N2OS/c1-8-5-12-6-10(8)11(14)13-3-4-15-7-9(13)2/h8-10,12H,3-7H2,1-2H3/t8-,9?,10-/m1/s1. The molecule has 3 nitrogen and oxygen atoms in total. The van der Waals surface area contributed by atoms with Crippen LogP contribution in [0.4, 0.5) is 0 Å². The Morgan fingerprint density at radius 3 is 2.80 bits per heavy atom. The molecule has 0 aromatic rings. The molecule has 0 bridgehead atoms. The molecule has 0 aromatic carbocycles. The zero-order valence-electron chi connectivity index (χ0n) is 9.53. The first kappa shape index (κ1) is 11.3. The van der Waals surface area contributed by atoms with Gasteiger partial charge in [-0.05, 0) is 19.4 Å². The second-order valence-electron chi connectivity index (χ2n) is 4.70. The van der Waals surface area contributed by atoms with E-state index in [4.69, 9.17) is 0 Å². The number of hydrogen-bond donors (Lipinski definition) is 1. The second-order valence-corrected chi connectivity index (χ2v) is 5.85. The van der Waals surface area contributed by atoms with Crippen molar-refractivity contribution in [3.05, 3.63) is 0 Å². The van der Waals surface area contributed by atoms with Crippen LogP contribution >= 0.6 is 11.8 Å². The lowest BCUT2D eigenvalue weighted by Crippen LogP contribution is -2.48. The molecule has 1 amide bonds. The molecule has 1 N–H and O–H groups in total. The number of carbonyl (C=O) groups is 1. The summed E-state index contributed by atoms with van der Waals surface area (Å²) in [6.07, 6.45) is 0. The molecule has 4 heteroatoms. The molecule has 2 saturated heterocycles. The van der Waals surface area contributed by atoms with Gasteiger partial charge in [-0.15, -0.1) is 0 Å². The molecule has 2 aliphatic heterocycles. The van der Waals surface area contributed by atoms with E-state index >= 15 is 0 Å². The lowest BCUT2D eigenvalue weighted by molar-refractivity contribution is -0.137. The molecule has 3 atom stereocenters. The number of amides is 1.